The molecule has 1 aliphatic carbocycles. The molecule has 1 unspecified atom stereocenters. The van der Waals surface area contributed by atoms with E-state index in [9.17, 15) is 9.59 Å². The van der Waals surface area contributed by atoms with Gasteiger partial charge in [-0.05, 0) is 54.9 Å². The van der Waals surface area contributed by atoms with Crippen LogP contribution in [0.4, 0.5) is 5.00 Å². The number of anilines is 1. The Morgan fingerprint density at radius 3 is 2.67 bits per heavy atom. The number of benzene rings is 1. The van der Waals surface area contributed by atoms with Crippen LogP contribution in [0.15, 0.2) is 24.3 Å². The number of hydrogen-bond acceptors (Lipinski definition) is 5. The van der Waals surface area contributed by atoms with Crippen LogP contribution in [0.2, 0.25) is 0 Å². The second kappa shape index (κ2) is 8.57. The number of carbonyl (C=O) groups is 2. The van der Waals surface area contributed by atoms with Crippen LogP contribution in [0.3, 0.4) is 0 Å². The molecule has 0 spiro atoms. The van der Waals surface area contributed by atoms with E-state index in [1.54, 1.807) is 0 Å². The summed E-state index contributed by atoms with van der Waals surface area (Å²) in [5, 5.41) is 3.41. The van der Waals surface area contributed by atoms with Gasteiger partial charge in [-0.15, -0.1) is 11.3 Å². The van der Waals surface area contributed by atoms with E-state index >= 15 is 0 Å². The van der Waals surface area contributed by atoms with E-state index in [1.165, 1.54) is 28.9 Å². The van der Waals surface area contributed by atoms with E-state index in [4.69, 9.17) is 9.47 Å². The predicted molar refractivity (Wildman–Crippen MR) is 107 cm³/mol. The Morgan fingerprint density at radius 2 is 2.00 bits per heavy atom. The molecule has 0 saturated heterocycles. The lowest BCUT2D eigenvalue weighted by molar-refractivity contribution is -0.118. The fourth-order valence-electron chi connectivity index (χ4n) is 3.29. The summed E-state index contributed by atoms with van der Waals surface area (Å²) in [5.74, 6) is 0.550. The number of carbonyl (C=O) groups excluding carboxylic acids is 2. The lowest BCUT2D eigenvalue weighted by Gasteiger charge is -2.18. The summed E-state index contributed by atoms with van der Waals surface area (Å²) in [6.45, 7) is 4.19. The van der Waals surface area contributed by atoms with Crippen molar-refractivity contribution in [2.24, 2.45) is 5.92 Å². The van der Waals surface area contributed by atoms with E-state index in [2.05, 4.69) is 19.2 Å². The fourth-order valence-corrected chi connectivity index (χ4v) is 4.70. The van der Waals surface area contributed by atoms with Crippen LogP contribution in [0, 0.1) is 5.92 Å². The van der Waals surface area contributed by atoms with Gasteiger partial charge in [-0.2, -0.15) is 0 Å². The van der Waals surface area contributed by atoms with Gasteiger partial charge < -0.3 is 14.8 Å². The highest BCUT2D eigenvalue weighted by Gasteiger charge is 2.28. The van der Waals surface area contributed by atoms with Crippen LogP contribution in [0.1, 0.15) is 46.6 Å². The summed E-state index contributed by atoms with van der Waals surface area (Å²) >= 11 is 1.48. The molecule has 1 atom stereocenters. The van der Waals surface area contributed by atoms with Crippen molar-refractivity contribution < 1.29 is 19.1 Å². The molecular weight excluding hydrogens is 362 g/mol. The van der Waals surface area contributed by atoms with Crippen LogP contribution in [0.25, 0.3) is 0 Å². The first-order chi connectivity index (χ1) is 13.0. The smallest absolute Gasteiger partial charge is 0.341 e. The van der Waals surface area contributed by atoms with Crippen molar-refractivity contribution in [2.45, 2.75) is 39.5 Å². The number of nitrogens with one attached hydrogen (secondary N) is 1. The van der Waals surface area contributed by atoms with Gasteiger partial charge in [0.2, 0.25) is 0 Å². The maximum Gasteiger partial charge on any atom is 0.341 e. The van der Waals surface area contributed by atoms with Crippen LogP contribution in [0.5, 0.6) is 5.75 Å². The van der Waals surface area contributed by atoms with E-state index in [1.807, 2.05) is 24.3 Å². The number of aryl methyl sites for hydroxylation is 1. The molecule has 0 fully saturated rings. The number of fused-ring (bicyclic) bond motifs is 1. The second-order valence-electron chi connectivity index (χ2n) is 6.88. The number of rotatable bonds is 6. The summed E-state index contributed by atoms with van der Waals surface area (Å²) < 4.78 is 10.5. The Balaban J connectivity index is 1.70. The summed E-state index contributed by atoms with van der Waals surface area (Å²) in [4.78, 5) is 25.8. The number of hydrogen-bond donors (Lipinski definition) is 1. The maximum atomic E-state index is 12.4. The highest BCUT2D eigenvalue weighted by molar-refractivity contribution is 7.17. The Bertz CT molecular complexity index is 825. The van der Waals surface area contributed by atoms with Crippen LogP contribution < -0.4 is 10.1 Å². The van der Waals surface area contributed by atoms with Crippen molar-refractivity contribution >= 4 is 28.2 Å². The average Bonchev–Trinajstić information content (AvgIpc) is 3.02. The predicted octanol–water partition coefficient (Wildman–Crippen LogP) is 4.24. The molecule has 0 radical (unpaired) electrons. The molecule has 0 bridgehead atoms. The minimum absolute atomic E-state index is 0.106. The molecule has 5 nitrogen and oxygen atoms in total. The molecule has 144 valence electrons. The number of amides is 1. The van der Waals surface area contributed by atoms with Gasteiger partial charge in [-0.1, -0.05) is 26.0 Å². The normalized spacial score (nSPS) is 15.7. The van der Waals surface area contributed by atoms with E-state index in [-0.39, 0.29) is 12.5 Å². The number of ether oxygens (including phenoxy) is 2. The first-order valence-electron chi connectivity index (χ1n) is 9.26. The van der Waals surface area contributed by atoms with Gasteiger partial charge in [-0.3, -0.25) is 4.79 Å². The Labute approximate surface area is 163 Å². The third kappa shape index (κ3) is 4.50. The molecule has 0 aliphatic heterocycles. The van der Waals surface area contributed by atoms with Gasteiger partial charge in [-0.25, -0.2) is 4.79 Å². The molecule has 27 heavy (non-hydrogen) atoms. The molecular formula is C21H25NO4S. The number of esters is 1. The standard InChI is InChI=1S/C21H25NO4S/c1-4-14-6-8-15(9-7-14)26-12-18(23)22-20-19(21(24)25-3)16-10-5-13(2)11-17(16)27-20/h6-9,13H,4-5,10-12H2,1-3H3,(H,22,23). The molecule has 1 heterocycles. The van der Waals surface area contributed by atoms with Crippen molar-refractivity contribution in [2.75, 3.05) is 19.0 Å². The molecule has 1 N–H and O–H groups in total. The fraction of sp³-hybridized carbons (Fsp3) is 0.429. The highest BCUT2D eigenvalue weighted by Crippen LogP contribution is 2.40. The summed E-state index contributed by atoms with van der Waals surface area (Å²) in [5.41, 5.74) is 2.74. The lowest BCUT2D eigenvalue weighted by Crippen LogP contribution is -2.21. The summed E-state index contributed by atoms with van der Waals surface area (Å²) in [6.07, 6.45) is 3.77. The molecule has 0 saturated carbocycles. The van der Waals surface area contributed by atoms with E-state index in [0.29, 0.717) is 22.2 Å². The minimum atomic E-state index is -0.395. The topological polar surface area (TPSA) is 64.6 Å². The van der Waals surface area contributed by atoms with Gasteiger partial charge in [0, 0.05) is 4.88 Å². The lowest BCUT2D eigenvalue weighted by atomic mass is 9.88. The Kier molecular flexibility index (Phi) is 6.16. The van der Waals surface area contributed by atoms with E-state index < -0.39 is 5.97 Å². The maximum absolute atomic E-state index is 12.4. The third-order valence-corrected chi connectivity index (χ3v) is 6.03. The van der Waals surface area contributed by atoms with Crippen LogP contribution in [-0.2, 0) is 28.8 Å². The molecule has 1 aromatic carbocycles. The van der Waals surface area contributed by atoms with Gasteiger partial charge in [0.05, 0.1) is 12.7 Å². The minimum Gasteiger partial charge on any atom is -0.484 e. The monoisotopic (exact) mass is 387 g/mol. The van der Waals surface area contributed by atoms with Crippen molar-refractivity contribution in [3.63, 3.8) is 0 Å². The van der Waals surface area contributed by atoms with Crippen molar-refractivity contribution in [3.05, 3.63) is 45.8 Å². The molecule has 1 amide bonds. The largest absolute Gasteiger partial charge is 0.484 e. The Morgan fingerprint density at radius 1 is 1.26 bits per heavy atom. The highest BCUT2D eigenvalue weighted by atomic mass is 32.1. The first-order valence-corrected chi connectivity index (χ1v) is 10.1. The van der Waals surface area contributed by atoms with E-state index in [0.717, 1.165) is 31.2 Å². The molecule has 2 aromatic rings. The number of methoxy groups -OCH3 is 1. The van der Waals surface area contributed by atoms with Crippen LogP contribution in [-0.4, -0.2) is 25.6 Å². The zero-order valence-corrected chi connectivity index (χ0v) is 16.8. The molecule has 6 heteroatoms. The Hall–Kier alpha value is -2.34. The SMILES string of the molecule is CCc1ccc(OCC(=O)Nc2sc3c(c2C(=O)OC)CCC(C)C3)cc1. The van der Waals surface area contributed by atoms with Gasteiger partial charge in [0.1, 0.15) is 10.8 Å². The van der Waals surface area contributed by atoms with Gasteiger partial charge in [0.25, 0.3) is 5.91 Å². The molecule has 1 aromatic heterocycles. The molecule has 1 aliphatic rings. The number of thiophene rings is 1. The quantitative estimate of drug-likeness (QED) is 0.753. The third-order valence-electron chi connectivity index (χ3n) is 4.86. The zero-order chi connectivity index (χ0) is 19.4. The zero-order valence-electron chi connectivity index (χ0n) is 16.0. The van der Waals surface area contributed by atoms with Crippen molar-refractivity contribution in [1.82, 2.24) is 0 Å². The van der Waals surface area contributed by atoms with Crippen LogP contribution >= 0.6 is 11.3 Å². The molecule has 3 rings (SSSR count). The van der Waals surface area contributed by atoms with Crippen molar-refractivity contribution in [3.8, 4) is 5.75 Å². The van der Waals surface area contributed by atoms with Gasteiger partial charge in [0.15, 0.2) is 6.61 Å². The van der Waals surface area contributed by atoms with Crippen molar-refractivity contribution in [1.29, 1.82) is 0 Å². The van der Waals surface area contributed by atoms with Gasteiger partial charge >= 0.3 is 5.97 Å². The summed E-state index contributed by atoms with van der Waals surface area (Å²) in [7, 11) is 1.37. The average molecular weight is 388 g/mol. The summed E-state index contributed by atoms with van der Waals surface area (Å²) in [6, 6.07) is 7.68. The first kappa shape index (κ1) is 19.4. The second-order valence-corrected chi connectivity index (χ2v) is 7.99.